The summed E-state index contributed by atoms with van der Waals surface area (Å²) in [4.78, 5) is 11.9. The third kappa shape index (κ3) is 4.17. The van der Waals surface area contributed by atoms with Gasteiger partial charge in [0.1, 0.15) is 17.1 Å². The summed E-state index contributed by atoms with van der Waals surface area (Å²) in [6, 6.07) is 5.14. The highest BCUT2D eigenvalue weighted by Gasteiger charge is 2.39. The Morgan fingerprint density at radius 1 is 1.48 bits per heavy atom. The van der Waals surface area contributed by atoms with Gasteiger partial charge >= 0.3 is 5.97 Å². The lowest BCUT2D eigenvalue weighted by molar-refractivity contribution is -0.148. The average molecular weight is 295 g/mol. The molecule has 0 spiro atoms. The Morgan fingerprint density at radius 3 is 2.76 bits per heavy atom. The van der Waals surface area contributed by atoms with Crippen LogP contribution >= 0.6 is 0 Å². The maximum absolute atomic E-state index is 13.4. The highest BCUT2D eigenvalue weighted by molar-refractivity contribution is 5.80. The van der Waals surface area contributed by atoms with Crippen molar-refractivity contribution in [1.82, 2.24) is 5.32 Å². The van der Waals surface area contributed by atoms with Crippen LogP contribution in [0.25, 0.3) is 0 Å². The van der Waals surface area contributed by atoms with Crippen LogP contribution in [-0.4, -0.2) is 31.3 Å². The lowest BCUT2D eigenvalue weighted by atomic mass is 9.98. The maximum atomic E-state index is 13.4. The maximum Gasteiger partial charge on any atom is 0.325 e. The van der Waals surface area contributed by atoms with E-state index in [1.165, 1.54) is 13.2 Å². The zero-order valence-electron chi connectivity index (χ0n) is 12.7. The second-order valence-corrected chi connectivity index (χ2v) is 5.75. The summed E-state index contributed by atoms with van der Waals surface area (Å²) in [6.45, 7) is 3.83. The van der Waals surface area contributed by atoms with Gasteiger partial charge in [-0.25, -0.2) is 4.39 Å². The van der Waals surface area contributed by atoms with Crippen molar-refractivity contribution in [3.8, 4) is 5.75 Å². The number of halogens is 1. The molecular weight excluding hydrogens is 273 g/mol. The SMILES string of the molecule is COC(=O)C(C)(CCOc1ccc(C)c(F)c1)NC1CC1. The van der Waals surface area contributed by atoms with E-state index in [1.54, 1.807) is 19.1 Å². The van der Waals surface area contributed by atoms with Gasteiger partial charge in [0.2, 0.25) is 0 Å². The molecule has 0 amide bonds. The number of hydrogen-bond acceptors (Lipinski definition) is 4. The van der Waals surface area contributed by atoms with Gasteiger partial charge in [0, 0.05) is 18.5 Å². The van der Waals surface area contributed by atoms with Crippen LogP contribution in [-0.2, 0) is 9.53 Å². The zero-order chi connectivity index (χ0) is 15.5. The Bertz CT molecular complexity index is 516. The van der Waals surface area contributed by atoms with Crippen molar-refractivity contribution in [2.45, 2.75) is 44.7 Å². The van der Waals surface area contributed by atoms with Crippen LogP contribution in [0.5, 0.6) is 5.75 Å². The van der Waals surface area contributed by atoms with Gasteiger partial charge in [0.05, 0.1) is 13.7 Å². The van der Waals surface area contributed by atoms with Gasteiger partial charge in [-0.1, -0.05) is 6.07 Å². The summed E-state index contributed by atoms with van der Waals surface area (Å²) in [5, 5.41) is 3.30. The molecule has 1 N–H and O–H groups in total. The van der Waals surface area contributed by atoms with Crippen LogP contribution in [0.4, 0.5) is 4.39 Å². The Morgan fingerprint density at radius 2 is 2.19 bits per heavy atom. The van der Waals surface area contributed by atoms with Gasteiger partial charge in [-0.05, 0) is 38.3 Å². The van der Waals surface area contributed by atoms with Crippen LogP contribution < -0.4 is 10.1 Å². The van der Waals surface area contributed by atoms with Crippen molar-refractivity contribution in [3.63, 3.8) is 0 Å². The first kappa shape index (κ1) is 15.8. The Hall–Kier alpha value is -1.62. The molecule has 1 fully saturated rings. The number of esters is 1. The van der Waals surface area contributed by atoms with Crippen LogP contribution in [0.3, 0.4) is 0 Å². The topological polar surface area (TPSA) is 47.6 Å². The Labute approximate surface area is 124 Å². The first-order valence-corrected chi connectivity index (χ1v) is 7.20. The van der Waals surface area contributed by atoms with E-state index in [9.17, 15) is 9.18 Å². The van der Waals surface area contributed by atoms with Crippen molar-refractivity contribution in [2.75, 3.05) is 13.7 Å². The van der Waals surface area contributed by atoms with Crippen LogP contribution in [0.2, 0.25) is 0 Å². The summed E-state index contributed by atoms with van der Waals surface area (Å²) in [6.07, 6.45) is 2.62. The van der Waals surface area contributed by atoms with E-state index in [0.717, 1.165) is 12.8 Å². The normalized spacial score (nSPS) is 17.1. The molecule has 0 radical (unpaired) electrons. The minimum atomic E-state index is -0.765. The smallest absolute Gasteiger partial charge is 0.325 e. The van der Waals surface area contributed by atoms with E-state index in [1.807, 2.05) is 6.92 Å². The average Bonchev–Trinajstić information content (AvgIpc) is 3.25. The molecule has 1 aliphatic rings. The second kappa shape index (κ2) is 6.43. The van der Waals surface area contributed by atoms with Crippen molar-refractivity contribution in [2.24, 2.45) is 0 Å². The first-order valence-electron chi connectivity index (χ1n) is 7.20. The molecule has 5 heteroatoms. The predicted octanol–water partition coefficient (Wildman–Crippen LogP) is 2.59. The molecule has 0 bridgehead atoms. The van der Waals surface area contributed by atoms with Crippen LogP contribution in [0, 0.1) is 12.7 Å². The van der Waals surface area contributed by atoms with Gasteiger partial charge in [-0.2, -0.15) is 0 Å². The Kier molecular flexibility index (Phi) is 4.83. The lowest BCUT2D eigenvalue weighted by Crippen LogP contribution is -2.52. The fourth-order valence-corrected chi connectivity index (χ4v) is 2.17. The molecule has 1 atom stereocenters. The molecule has 1 unspecified atom stereocenters. The van der Waals surface area contributed by atoms with Crippen LogP contribution in [0.15, 0.2) is 18.2 Å². The minimum absolute atomic E-state index is 0.292. The molecule has 2 rings (SSSR count). The number of hydrogen-bond donors (Lipinski definition) is 1. The largest absolute Gasteiger partial charge is 0.493 e. The van der Waals surface area contributed by atoms with Gasteiger partial charge in [-0.3, -0.25) is 10.1 Å². The van der Waals surface area contributed by atoms with E-state index in [0.29, 0.717) is 30.4 Å². The minimum Gasteiger partial charge on any atom is -0.493 e. The van der Waals surface area contributed by atoms with Crippen LogP contribution in [0.1, 0.15) is 31.7 Å². The van der Waals surface area contributed by atoms with Crippen molar-refractivity contribution in [1.29, 1.82) is 0 Å². The molecule has 1 aromatic rings. The summed E-state index contributed by atoms with van der Waals surface area (Å²) >= 11 is 0. The molecule has 0 saturated heterocycles. The van der Waals surface area contributed by atoms with Gasteiger partial charge < -0.3 is 9.47 Å². The number of carbonyl (C=O) groups is 1. The van der Waals surface area contributed by atoms with E-state index in [4.69, 9.17) is 9.47 Å². The molecule has 1 saturated carbocycles. The standard InChI is InChI=1S/C16H22FNO3/c1-11-4-7-13(10-14(11)17)21-9-8-16(2,15(19)20-3)18-12-5-6-12/h4,7,10,12,18H,5-6,8-9H2,1-3H3. The summed E-state index contributed by atoms with van der Waals surface area (Å²) in [5.74, 6) is -0.121. The molecule has 0 heterocycles. The molecule has 0 aromatic heterocycles. The summed E-state index contributed by atoms with van der Waals surface area (Å²) < 4.78 is 23.8. The number of nitrogens with one attached hydrogen (secondary N) is 1. The van der Waals surface area contributed by atoms with Gasteiger partial charge in [-0.15, -0.1) is 0 Å². The third-order valence-electron chi connectivity index (χ3n) is 3.75. The number of ether oxygens (including phenoxy) is 2. The second-order valence-electron chi connectivity index (χ2n) is 5.75. The molecule has 21 heavy (non-hydrogen) atoms. The number of aryl methyl sites for hydroxylation is 1. The highest BCUT2D eigenvalue weighted by atomic mass is 19.1. The number of carbonyl (C=O) groups excluding carboxylic acids is 1. The monoisotopic (exact) mass is 295 g/mol. The fourth-order valence-electron chi connectivity index (χ4n) is 2.17. The molecular formula is C16H22FNO3. The first-order chi connectivity index (χ1) is 9.94. The molecule has 4 nitrogen and oxygen atoms in total. The summed E-state index contributed by atoms with van der Waals surface area (Å²) in [7, 11) is 1.38. The molecule has 1 aromatic carbocycles. The molecule has 116 valence electrons. The lowest BCUT2D eigenvalue weighted by Gasteiger charge is -2.28. The van der Waals surface area contributed by atoms with E-state index >= 15 is 0 Å². The number of benzene rings is 1. The predicted molar refractivity (Wildman–Crippen MR) is 77.8 cm³/mol. The fraction of sp³-hybridized carbons (Fsp3) is 0.562. The van der Waals surface area contributed by atoms with E-state index < -0.39 is 5.54 Å². The molecule has 1 aliphatic carbocycles. The quantitative estimate of drug-likeness (QED) is 0.786. The Balaban J connectivity index is 1.91. The van der Waals surface area contributed by atoms with E-state index in [-0.39, 0.29) is 11.8 Å². The van der Waals surface area contributed by atoms with Crippen molar-refractivity contribution < 1.29 is 18.7 Å². The van der Waals surface area contributed by atoms with Gasteiger partial charge in [0.15, 0.2) is 0 Å². The molecule has 0 aliphatic heterocycles. The van der Waals surface area contributed by atoms with E-state index in [2.05, 4.69) is 5.32 Å². The number of rotatable bonds is 7. The third-order valence-corrected chi connectivity index (χ3v) is 3.75. The number of methoxy groups -OCH3 is 1. The zero-order valence-corrected chi connectivity index (χ0v) is 12.7. The van der Waals surface area contributed by atoms with Crippen molar-refractivity contribution in [3.05, 3.63) is 29.6 Å². The highest BCUT2D eigenvalue weighted by Crippen LogP contribution is 2.25. The van der Waals surface area contributed by atoms with Gasteiger partial charge in [0.25, 0.3) is 0 Å². The summed E-state index contributed by atoms with van der Waals surface area (Å²) in [5.41, 5.74) is -0.184. The van der Waals surface area contributed by atoms with Crippen molar-refractivity contribution >= 4 is 5.97 Å².